The first kappa shape index (κ1) is 19.4. The summed E-state index contributed by atoms with van der Waals surface area (Å²) in [6, 6.07) is 16.9. The number of aromatic nitrogens is 1. The van der Waals surface area contributed by atoms with E-state index >= 15 is 0 Å². The number of carbonyl (C=O) groups excluding carboxylic acids is 1. The number of benzene rings is 2. The van der Waals surface area contributed by atoms with Gasteiger partial charge in [-0.15, -0.1) is 0 Å². The smallest absolute Gasteiger partial charge is 0.229 e. The van der Waals surface area contributed by atoms with Crippen LogP contribution >= 0.6 is 11.6 Å². The molecule has 3 aromatic rings. The number of hydrogen-bond acceptors (Lipinski definition) is 4. The summed E-state index contributed by atoms with van der Waals surface area (Å²) in [5.74, 6) is 0.639. The number of nitrogens with zero attached hydrogens (tertiary/aromatic N) is 3. The lowest BCUT2D eigenvalue weighted by molar-refractivity contribution is -0.115. The van der Waals surface area contributed by atoms with Gasteiger partial charge in [0.2, 0.25) is 5.91 Å². The van der Waals surface area contributed by atoms with Gasteiger partial charge >= 0.3 is 0 Å². The largest absolute Gasteiger partial charge is 0.497 e. The molecule has 0 unspecified atom stereocenters. The third-order valence-electron chi connectivity index (χ3n) is 4.38. The van der Waals surface area contributed by atoms with E-state index in [1.165, 1.54) is 11.8 Å². The maximum Gasteiger partial charge on any atom is 0.229 e. The highest BCUT2D eigenvalue weighted by Gasteiger charge is 2.24. The van der Waals surface area contributed by atoms with Gasteiger partial charge in [-0.1, -0.05) is 41.9 Å². The molecule has 0 radical (unpaired) electrons. The Hall–Kier alpha value is -3.36. The Labute approximate surface area is 168 Å². The maximum absolute atomic E-state index is 12.4. The van der Waals surface area contributed by atoms with Gasteiger partial charge in [-0.3, -0.25) is 9.69 Å². The zero-order chi connectivity index (χ0) is 20.3. The highest BCUT2D eigenvalue weighted by Crippen LogP contribution is 2.38. The van der Waals surface area contributed by atoms with E-state index in [2.05, 4.69) is 11.1 Å². The average molecular weight is 392 g/mol. The third kappa shape index (κ3) is 3.55. The van der Waals surface area contributed by atoms with Crippen molar-refractivity contribution in [2.75, 3.05) is 12.0 Å². The molecule has 28 heavy (non-hydrogen) atoms. The van der Waals surface area contributed by atoms with Crippen molar-refractivity contribution in [2.45, 2.75) is 13.8 Å². The van der Waals surface area contributed by atoms with E-state index in [1.807, 2.05) is 49.4 Å². The van der Waals surface area contributed by atoms with Gasteiger partial charge in [0, 0.05) is 18.7 Å². The Bertz CT molecular complexity index is 1090. The van der Waals surface area contributed by atoms with Crippen LogP contribution < -0.4 is 9.64 Å². The van der Waals surface area contributed by atoms with Gasteiger partial charge in [0.25, 0.3) is 0 Å². The van der Waals surface area contributed by atoms with Gasteiger partial charge in [0.05, 0.1) is 18.4 Å². The normalized spacial score (nSPS) is 10.2. The Kier molecular flexibility index (Phi) is 5.62. The number of aryl methyl sites for hydroxylation is 1. The molecule has 1 amide bonds. The molecule has 140 valence electrons. The van der Waals surface area contributed by atoms with Crippen molar-refractivity contribution in [1.82, 2.24) is 4.98 Å². The van der Waals surface area contributed by atoms with E-state index in [4.69, 9.17) is 16.3 Å². The fourth-order valence-electron chi connectivity index (χ4n) is 3.00. The topological polar surface area (TPSA) is 66.2 Å². The third-order valence-corrected chi connectivity index (χ3v) is 4.73. The van der Waals surface area contributed by atoms with Crippen LogP contribution in [0, 0.1) is 18.3 Å². The van der Waals surface area contributed by atoms with E-state index in [-0.39, 0.29) is 22.3 Å². The van der Waals surface area contributed by atoms with Crippen molar-refractivity contribution in [1.29, 1.82) is 5.26 Å². The Morgan fingerprint density at radius 3 is 2.61 bits per heavy atom. The predicted octanol–water partition coefficient (Wildman–Crippen LogP) is 5.28. The molecule has 0 N–H and O–H groups in total. The van der Waals surface area contributed by atoms with Crippen LogP contribution in [-0.2, 0) is 4.79 Å². The molecule has 5 nitrogen and oxygen atoms in total. The number of amides is 1. The second-order valence-corrected chi connectivity index (χ2v) is 6.55. The fraction of sp³-hybridized carbons (Fsp3) is 0.136. The number of pyridine rings is 1. The lowest BCUT2D eigenvalue weighted by Gasteiger charge is -2.24. The average Bonchev–Trinajstić information content (AvgIpc) is 2.70. The Balaban J connectivity index is 2.20. The molecule has 0 aliphatic rings. The molecule has 3 rings (SSSR count). The summed E-state index contributed by atoms with van der Waals surface area (Å²) in [6.07, 6.45) is 1.56. The zero-order valence-electron chi connectivity index (χ0n) is 15.7. The van der Waals surface area contributed by atoms with Gasteiger partial charge in [-0.05, 0) is 36.2 Å². The standard InChI is InChI=1S/C22H18ClN3O2/c1-14-7-4-5-10-20(14)26(15(2)27)22-21(23)18(12-24)19(13-25-22)16-8-6-9-17(11-16)28-3/h4-11,13H,1-3H3. The maximum atomic E-state index is 12.4. The molecule has 0 saturated carbocycles. The van der Waals surface area contributed by atoms with Crippen LogP contribution in [0.3, 0.4) is 0 Å². The number of anilines is 2. The molecule has 0 aliphatic carbocycles. The molecule has 0 atom stereocenters. The van der Waals surface area contributed by atoms with E-state index in [0.29, 0.717) is 17.0 Å². The predicted molar refractivity (Wildman–Crippen MR) is 110 cm³/mol. The van der Waals surface area contributed by atoms with E-state index < -0.39 is 0 Å². The summed E-state index contributed by atoms with van der Waals surface area (Å²) >= 11 is 6.57. The van der Waals surface area contributed by atoms with Gasteiger partial charge in [0.1, 0.15) is 16.8 Å². The van der Waals surface area contributed by atoms with Crippen LogP contribution in [0.5, 0.6) is 5.75 Å². The van der Waals surface area contributed by atoms with Gasteiger partial charge in [-0.25, -0.2) is 4.98 Å². The number of nitriles is 1. The number of para-hydroxylation sites is 1. The second kappa shape index (κ2) is 8.12. The SMILES string of the molecule is COc1cccc(-c2cnc(N(C(C)=O)c3ccccc3C)c(Cl)c2C#N)c1. The van der Waals surface area contributed by atoms with Crippen LogP contribution in [0.2, 0.25) is 5.02 Å². The van der Waals surface area contributed by atoms with E-state index in [0.717, 1.165) is 11.1 Å². The van der Waals surface area contributed by atoms with Gasteiger partial charge < -0.3 is 4.74 Å². The lowest BCUT2D eigenvalue weighted by atomic mass is 10.0. The summed E-state index contributed by atoms with van der Waals surface area (Å²) in [6.45, 7) is 3.33. The van der Waals surface area contributed by atoms with Crippen molar-refractivity contribution < 1.29 is 9.53 Å². The molecule has 2 aromatic carbocycles. The minimum absolute atomic E-state index is 0.126. The van der Waals surface area contributed by atoms with Gasteiger partial charge in [-0.2, -0.15) is 5.26 Å². The van der Waals surface area contributed by atoms with Crippen molar-refractivity contribution >= 4 is 29.0 Å². The molecule has 0 spiro atoms. The first-order valence-electron chi connectivity index (χ1n) is 8.57. The number of ether oxygens (including phenoxy) is 1. The van der Waals surface area contributed by atoms with Crippen LogP contribution in [-0.4, -0.2) is 18.0 Å². The number of carbonyl (C=O) groups is 1. The zero-order valence-corrected chi connectivity index (χ0v) is 16.5. The van der Waals surface area contributed by atoms with Crippen molar-refractivity contribution in [2.24, 2.45) is 0 Å². The highest BCUT2D eigenvalue weighted by atomic mass is 35.5. The monoisotopic (exact) mass is 391 g/mol. The molecular weight excluding hydrogens is 374 g/mol. The molecule has 1 heterocycles. The summed E-state index contributed by atoms with van der Waals surface area (Å²) in [4.78, 5) is 18.3. The summed E-state index contributed by atoms with van der Waals surface area (Å²) in [7, 11) is 1.57. The first-order valence-corrected chi connectivity index (χ1v) is 8.95. The Morgan fingerprint density at radius 1 is 1.21 bits per heavy atom. The number of halogens is 1. The van der Waals surface area contributed by atoms with Crippen molar-refractivity contribution in [3.05, 3.63) is 70.9 Å². The number of methoxy groups -OCH3 is 1. The molecule has 6 heteroatoms. The molecule has 0 fully saturated rings. The molecule has 0 aliphatic heterocycles. The van der Waals surface area contributed by atoms with Gasteiger partial charge in [0.15, 0.2) is 5.82 Å². The first-order chi connectivity index (χ1) is 13.5. The second-order valence-electron chi connectivity index (χ2n) is 6.17. The van der Waals surface area contributed by atoms with Crippen LogP contribution in [0.25, 0.3) is 11.1 Å². The quantitative estimate of drug-likeness (QED) is 0.607. The van der Waals surface area contributed by atoms with E-state index in [1.54, 1.807) is 19.4 Å². The summed E-state index contributed by atoms with van der Waals surface area (Å²) in [5.41, 5.74) is 3.14. The summed E-state index contributed by atoms with van der Waals surface area (Å²) in [5, 5.41) is 9.89. The number of hydrogen-bond donors (Lipinski definition) is 0. The van der Waals surface area contributed by atoms with Crippen molar-refractivity contribution in [3.63, 3.8) is 0 Å². The minimum atomic E-state index is -0.248. The minimum Gasteiger partial charge on any atom is -0.497 e. The van der Waals surface area contributed by atoms with Crippen LogP contribution in [0.4, 0.5) is 11.5 Å². The molecular formula is C22H18ClN3O2. The molecule has 0 saturated heterocycles. The fourth-order valence-corrected chi connectivity index (χ4v) is 3.28. The number of rotatable bonds is 4. The summed E-state index contributed by atoms with van der Waals surface area (Å²) < 4.78 is 5.26. The van der Waals surface area contributed by atoms with E-state index in [9.17, 15) is 10.1 Å². The van der Waals surface area contributed by atoms with Crippen molar-refractivity contribution in [3.8, 4) is 22.9 Å². The highest BCUT2D eigenvalue weighted by molar-refractivity contribution is 6.35. The van der Waals surface area contributed by atoms with Crippen LogP contribution in [0.1, 0.15) is 18.1 Å². The molecule has 1 aromatic heterocycles. The Morgan fingerprint density at radius 2 is 1.96 bits per heavy atom. The van der Waals surface area contributed by atoms with Crippen LogP contribution in [0.15, 0.2) is 54.7 Å². The molecule has 0 bridgehead atoms. The lowest BCUT2D eigenvalue weighted by Crippen LogP contribution is -2.25.